The van der Waals surface area contributed by atoms with E-state index >= 15 is 0 Å². The minimum Gasteiger partial charge on any atom is -0.295 e. The van der Waals surface area contributed by atoms with Crippen LogP contribution in [0.4, 0.5) is 8.78 Å². The van der Waals surface area contributed by atoms with E-state index in [0.717, 1.165) is 30.4 Å². The number of carbonyl (C=O) groups excluding carboxylic acids is 1. The zero-order valence-electron chi connectivity index (χ0n) is 11.5. The second-order valence-corrected chi connectivity index (χ2v) is 5.39. The van der Waals surface area contributed by atoms with Gasteiger partial charge in [-0.15, -0.1) is 0 Å². The summed E-state index contributed by atoms with van der Waals surface area (Å²) < 4.78 is 26.5. The molecule has 0 aromatic heterocycles. The fourth-order valence-electron chi connectivity index (χ4n) is 1.90. The molecule has 0 saturated heterocycles. The van der Waals surface area contributed by atoms with E-state index in [1.165, 1.54) is 0 Å². The summed E-state index contributed by atoms with van der Waals surface area (Å²) in [7, 11) is 1.83. The van der Waals surface area contributed by atoms with Gasteiger partial charge in [0.1, 0.15) is 11.6 Å². The molecule has 2 nitrogen and oxygen atoms in total. The maximum absolute atomic E-state index is 13.5. The quantitative estimate of drug-likeness (QED) is 0.718. The predicted octanol–water partition coefficient (Wildman–Crippen LogP) is 3.22. The van der Waals surface area contributed by atoms with Crippen molar-refractivity contribution in [2.45, 2.75) is 19.4 Å². The highest BCUT2D eigenvalue weighted by Crippen LogP contribution is 2.13. The van der Waals surface area contributed by atoms with Crippen molar-refractivity contribution in [3.05, 3.63) is 35.4 Å². The lowest BCUT2D eigenvalue weighted by Crippen LogP contribution is -2.37. The highest BCUT2D eigenvalue weighted by atomic mass is 32.2. The zero-order chi connectivity index (χ0) is 14.4. The van der Waals surface area contributed by atoms with Crippen LogP contribution < -0.4 is 0 Å². The number of halogens is 2. The molecule has 1 aromatic rings. The van der Waals surface area contributed by atoms with E-state index in [0.29, 0.717) is 0 Å². The van der Waals surface area contributed by atoms with Crippen molar-refractivity contribution < 1.29 is 13.6 Å². The van der Waals surface area contributed by atoms with Crippen molar-refractivity contribution in [1.82, 2.24) is 4.90 Å². The fourth-order valence-corrected chi connectivity index (χ4v) is 2.78. The van der Waals surface area contributed by atoms with E-state index in [-0.39, 0.29) is 23.9 Å². The number of nitrogens with zero attached hydrogens (tertiary/aromatic N) is 1. The number of benzene rings is 1. The molecule has 0 fully saturated rings. The lowest BCUT2D eigenvalue weighted by molar-refractivity contribution is 0.0920. The molecule has 1 unspecified atom stereocenters. The van der Waals surface area contributed by atoms with Gasteiger partial charge >= 0.3 is 0 Å². The number of ketones is 1. The average Bonchev–Trinajstić information content (AvgIpc) is 2.38. The number of carbonyl (C=O) groups is 1. The normalized spacial score (nSPS) is 12.7. The van der Waals surface area contributed by atoms with Gasteiger partial charge in [-0.05, 0) is 37.9 Å². The maximum Gasteiger partial charge on any atom is 0.179 e. The van der Waals surface area contributed by atoms with Gasteiger partial charge in [0.2, 0.25) is 0 Å². The van der Waals surface area contributed by atoms with Gasteiger partial charge in [0, 0.05) is 11.8 Å². The monoisotopic (exact) mass is 287 g/mol. The Labute approximate surface area is 117 Å². The first kappa shape index (κ1) is 16.1. The third kappa shape index (κ3) is 4.58. The number of rotatable bonds is 7. The molecule has 0 saturated carbocycles. The lowest BCUT2D eigenvalue weighted by Gasteiger charge is -2.25. The summed E-state index contributed by atoms with van der Waals surface area (Å²) in [5, 5.41) is 0. The van der Waals surface area contributed by atoms with Crippen molar-refractivity contribution in [1.29, 1.82) is 0 Å². The van der Waals surface area contributed by atoms with Gasteiger partial charge in [0.05, 0.1) is 12.1 Å². The Balaban J connectivity index is 2.76. The SMILES string of the molecule is CCC(CSC)N(C)CC(=O)c1cc(F)ccc1F. The van der Waals surface area contributed by atoms with E-state index in [9.17, 15) is 13.6 Å². The summed E-state index contributed by atoms with van der Waals surface area (Å²) in [5.41, 5.74) is -0.175. The average molecular weight is 287 g/mol. The summed E-state index contributed by atoms with van der Waals surface area (Å²) in [6, 6.07) is 3.22. The highest BCUT2D eigenvalue weighted by Gasteiger charge is 2.19. The lowest BCUT2D eigenvalue weighted by atomic mass is 10.1. The Kier molecular flexibility index (Phi) is 6.45. The Morgan fingerprint density at radius 2 is 2.11 bits per heavy atom. The first-order chi connectivity index (χ1) is 8.99. The Morgan fingerprint density at radius 1 is 1.42 bits per heavy atom. The Hall–Kier alpha value is -0.940. The minimum absolute atomic E-state index is 0.0967. The van der Waals surface area contributed by atoms with Crippen LogP contribution in [0.2, 0.25) is 0 Å². The molecule has 1 rings (SSSR count). The summed E-state index contributed by atoms with van der Waals surface area (Å²) in [6.07, 6.45) is 2.92. The van der Waals surface area contributed by atoms with Crippen LogP contribution in [0, 0.1) is 11.6 Å². The fraction of sp³-hybridized carbons (Fsp3) is 0.500. The van der Waals surface area contributed by atoms with Gasteiger partial charge in [-0.3, -0.25) is 9.69 Å². The molecule has 1 aromatic carbocycles. The van der Waals surface area contributed by atoms with Crippen molar-refractivity contribution in [3.8, 4) is 0 Å². The van der Waals surface area contributed by atoms with Crippen LogP contribution in [-0.4, -0.2) is 42.3 Å². The van der Waals surface area contributed by atoms with Gasteiger partial charge in [-0.2, -0.15) is 11.8 Å². The molecule has 0 aliphatic carbocycles. The van der Waals surface area contributed by atoms with E-state index < -0.39 is 11.6 Å². The number of Topliss-reactive ketones (excluding diaryl/α,β-unsaturated/α-hetero) is 1. The summed E-state index contributed by atoms with van der Waals surface area (Å²) in [6.45, 7) is 2.14. The van der Waals surface area contributed by atoms with Crippen LogP contribution >= 0.6 is 11.8 Å². The highest BCUT2D eigenvalue weighted by molar-refractivity contribution is 7.98. The second kappa shape index (κ2) is 7.60. The molecule has 5 heteroatoms. The predicted molar refractivity (Wildman–Crippen MR) is 75.8 cm³/mol. The number of likely N-dealkylation sites (N-methyl/N-ethyl adjacent to an activating group) is 1. The minimum atomic E-state index is -0.669. The first-order valence-electron chi connectivity index (χ1n) is 6.17. The maximum atomic E-state index is 13.5. The van der Waals surface area contributed by atoms with Crippen molar-refractivity contribution in [2.24, 2.45) is 0 Å². The standard InChI is InChI=1S/C14H19F2NOS/c1-4-11(9-19-3)17(2)8-14(18)12-7-10(15)5-6-13(12)16/h5-7,11H,4,8-9H2,1-3H3. The third-order valence-corrected chi connectivity index (χ3v) is 3.79. The molecule has 1 atom stereocenters. The smallest absolute Gasteiger partial charge is 0.179 e. The number of thioether (sulfide) groups is 1. The molecule has 19 heavy (non-hydrogen) atoms. The van der Waals surface area contributed by atoms with Crippen LogP contribution in [0.3, 0.4) is 0 Å². The van der Waals surface area contributed by atoms with E-state index in [1.807, 2.05) is 25.1 Å². The van der Waals surface area contributed by atoms with Crippen molar-refractivity contribution in [2.75, 3.05) is 25.6 Å². The largest absolute Gasteiger partial charge is 0.295 e. The Bertz CT molecular complexity index is 439. The van der Waals surface area contributed by atoms with Gasteiger partial charge in [-0.25, -0.2) is 8.78 Å². The van der Waals surface area contributed by atoms with E-state index in [4.69, 9.17) is 0 Å². The molecule has 0 bridgehead atoms. The third-order valence-electron chi connectivity index (χ3n) is 3.08. The van der Waals surface area contributed by atoms with Crippen LogP contribution in [0.1, 0.15) is 23.7 Å². The second-order valence-electron chi connectivity index (χ2n) is 4.48. The molecule has 0 amide bonds. The Morgan fingerprint density at radius 3 is 2.68 bits per heavy atom. The van der Waals surface area contributed by atoms with Gasteiger partial charge < -0.3 is 0 Å². The molecule has 0 heterocycles. The van der Waals surface area contributed by atoms with E-state index in [1.54, 1.807) is 11.8 Å². The van der Waals surface area contributed by atoms with Gasteiger partial charge in [0.25, 0.3) is 0 Å². The van der Waals surface area contributed by atoms with Gasteiger partial charge in [0.15, 0.2) is 5.78 Å². The molecule has 0 N–H and O–H groups in total. The first-order valence-corrected chi connectivity index (χ1v) is 7.56. The summed E-state index contributed by atoms with van der Waals surface area (Å²) in [5.74, 6) is -0.744. The zero-order valence-corrected chi connectivity index (χ0v) is 12.3. The molecule has 0 radical (unpaired) electrons. The summed E-state index contributed by atoms with van der Waals surface area (Å²) >= 11 is 1.70. The van der Waals surface area contributed by atoms with Crippen LogP contribution in [0.25, 0.3) is 0 Å². The van der Waals surface area contributed by atoms with Crippen LogP contribution in [0.5, 0.6) is 0 Å². The number of hydrogen-bond acceptors (Lipinski definition) is 3. The van der Waals surface area contributed by atoms with E-state index in [2.05, 4.69) is 0 Å². The topological polar surface area (TPSA) is 20.3 Å². The van der Waals surface area contributed by atoms with Crippen molar-refractivity contribution >= 4 is 17.5 Å². The molecular formula is C14H19F2NOS. The molecule has 0 aliphatic heterocycles. The number of hydrogen-bond donors (Lipinski definition) is 0. The van der Waals surface area contributed by atoms with Gasteiger partial charge in [-0.1, -0.05) is 6.92 Å². The van der Waals surface area contributed by atoms with Crippen LogP contribution in [0.15, 0.2) is 18.2 Å². The van der Waals surface area contributed by atoms with Crippen molar-refractivity contribution in [3.63, 3.8) is 0 Å². The molecule has 0 spiro atoms. The molecule has 106 valence electrons. The summed E-state index contributed by atoms with van der Waals surface area (Å²) in [4.78, 5) is 13.9. The van der Waals surface area contributed by atoms with Crippen LogP contribution in [-0.2, 0) is 0 Å². The molecule has 0 aliphatic rings. The molecular weight excluding hydrogens is 268 g/mol.